The van der Waals surface area contributed by atoms with Gasteiger partial charge in [0.15, 0.2) is 6.61 Å². The summed E-state index contributed by atoms with van der Waals surface area (Å²) < 4.78 is 4.92. The Kier molecular flexibility index (Phi) is 4.44. The average molecular weight is 330 g/mol. The second-order valence-electron chi connectivity index (χ2n) is 5.69. The van der Waals surface area contributed by atoms with Gasteiger partial charge in [-0.2, -0.15) is 5.26 Å². The summed E-state index contributed by atoms with van der Waals surface area (Å²) in [4.78, 5) is 25.2. The fraction of sp³-hybridized carbons (Fsp3) is 0.500. The minimum Gasteiger partial charge on any atom is -0.450 e. The third kappa shape index (κ3) is 2.99. The lowest BCUT2D eigenvalue weighted by Crippen LogP contribution is -2.37. The van der Waals surface area contributed by atoms with Gasteiger partial charge in [0, 0.05) is 18.0 Å². The smallest absolute Gasteiger partial charge is 0.310 e. The van der Waals surface area contributed by atoms with Crippen LogP contribution in [0.2, 0.25) is 0 Å². The number of aryl methyl sites for hydroxylation is 2. The van der Waals surface area contributed by atoms with Gasteiger partial charge in [-0.25, -0.2) is 9.97 Å². The van der Waals surface area contributed by atoms with E-state index in [1.165, 1.54) is 10.4 Å². The van der Waals surface area contributed by atoms with Crippen molar-refractivity contribution in [3.8, 4) is 6.07 Å². The fourth-order valence-electron chi connectivity index (χ4n) is 2.95. The Morgan fingerprint density at radius 2 is 2.17 bits per heavy atom. The van der Waals surface area contributed by atoms with Crippen LogP contribution in [0, 0.1) is 31.1 Å². The van der Waals surface area contributed by atoms with E-state index in [-0.39, 0.29) is 18.5 Å². The first kappa shape index (κ1) is 15.7. The maximum Gasteiger partial charge on any atom is 0.310 e. The van der Waals surface area contributed by atoms with Crippen LogP contribution in [0.15, 0.2) is 6.33 Å². The SMILES string of the molecule is Cc1sc2ncnc(N3CCC(C(=O)OCC#N)CC3)c2c1C. The summed E-state index contributed by atoms with van der Waals surface area (Å²) in [7, 11) is 0. The van der Waals surface area contributed by atoms with Gasteiger partial charge in [-0.05, 0) is 32.3 Å². The van der Waals surface area contributed by atoms with Crippen LogP contribution in [0.4, 0.5) is 5.82 Å². The lowest BCUT2D eigenvalue weighted by molar-refractivity contribution is -0.147. The van der Waals surface area contributed by atoms with Crippen LogP contribution in [-0.2, 0) is 9.53 Å². The fourth-order valence-corrected chi connectivity index (χ4v) is 3.94. The molecule has 0 N–H and O–H groups in total. The van der Waals surface area contributed by atoms with Gasteiger partial charge in [-0.15, -0.1) is 11.3 Å². The number of nitrogens with zero attached hydrogens (tertiary/aromatic N) is 4. The lowest BCUT2D eigenvalue weighted by atomic mass is 9.97. The van der Waals surface area contributed by atoms with E-state index in [4.69, 9.17) is 10.00 Å². The number of thiophene rings is 1. The Morgan fingerprint density at radius 1 is 1.43 bits per heavy atom. The third-order valence-corrected chi connectivity index (χ3v) is 5.47. The molecule has 2 aromatic rings. The number of fused-ring (bicyclic) bond motifs is 1. The summed E-state index contributed by atoms with van der Waals surface area (Å²) in [6.45, 7) is 5.55. The highest BCUT2D eigenvalue weighted by molar-refractivity contribution is 7.18. The van der Waals surface area contributed by atoms with Crippen molar-refractivity contribution < 1.29 is 9.53 Å². The highest BCUT2D eigenvalue weighted by atomic mass is 32.1. The standard InChI is InChI=1S/C16H18N4O2S/c1-10-11(2)23-15-13(10)14(18-9-19-15)20-6-3-12(4-7-20)16(21)22-8-5-17/h9,12H,3-4,6-8H2,1-2H3. The number of anilines is 1. The van der Waals surface area contributed by atoms with Gasteiger partial charge in [-0.1, -0.05) is 0 Å². The molecule has 3 rings (SSSR count). The van der Waals surface area contributed by atoms with Crippen LogP contribution >= 0.6 is 11.3 Å². The topological polar surface area (TPSA) is 79.1 Å². The molecule has 0 amide bonds. The van der Waals surface area contributed by atoms with Gasteiger partial charge in [0.2, 0.25) is 0 Å². The maximum atomic E-state index is 11.9. The van der Waals surface area contributed by atoms with E-state index >= 15 is 0 Å². The van der Waals surface area contributed by atoms with E-state index in [1.54, 1.807) is 17.7 Å². The number of carbonyl (C=O) groups excluding carboxylic acids is 1. The summed E-state index contributed by atoms with van der Waals surface area (Å²) in [6, 6.07) is 1.83. The first-order valence-electron chi connectivity index (χ1n) is 7.61. The number of ether oxygens (including phenoxy) is 1. The second-order valence-corrected chi connectivity index (χ2v) is 6.89. The van der Waals surface area contributed by atoms with Crippen LogP contribution < -0.4 is 4.90 Å². The van der Waals surface area contributed by atoms with Crippen molar-refractivity contribution in [1.29, 1.82) is 5.26 Å². The minimum atomic E-state index is -0.262. The molecule has 1 aliphatic heterocycles. The summed E-state index contributed by atoms with van der Waals surface area (Å²) in [6.07, 6.45) is 3.05. The number of esters is 1. The highest BCUT2D eigenvalue weighted by Gasteiger charge is 2.28. The molecule has 0 bridgehead atoms. The molecule has 0 radical (unpaired) electrons. The van der Waals surface area contributed by atoms with Crippen LogP contribution in [0.3, 0.4) is 0 Å². The Balaban J connectivity index is 1.76. The zero-order valence-electron chi connectivity index (χ0n) is 13.2. The van der Waals surface area contributed by atoms with Crippen molar-refractivity contribution in [2.24, 2.45) is 5.92 Å². The molecule has 0 aliphatic carbocycles. The molecule has 120 valence electrons. The van der Waals surface area contributed by atoms with Gasteiger partial charge in [0.05, 0.1) is 11.3 Å². The van der Waals surface area contributed by atoms with Gasteiger partial charge >= 0.3 is 5.97 Å². The molecule has 0 spiro atoms. The van der Waals surface area contributed by atoms with Gasteiger partial charge in [0.25, 0.3) is 0 Å². The molecule has 3 heterocycles. The quantitative estimate of drug-likeness (QED) is 0.805. The number of rotatable bonds is 3. The third-order valence-electron chi connectivity index (χ3n) is 4.35. The molecular formula is C16H18N4O2S. The maximum absolute atomic E-state index is 11.9. The molecule has 0 aromatic carbocycles. The number of piperidine rings is 1. The number of aromatic nitrogens is 2. The van der Waals surface area contributed by atoms with Crippen molar-refractivity contribution in [2.45, 2.75) is 26.7 Å². The first-order chi connectivity index (χ1) is 11.1. The number of carbonyl (C=O) groups is 1. The van der Waals surface area contributed by atoms with Crippen LogP contribution in [0.25, 0.3) is 10.2 Å². The van der Waals surface area contributed by atoms with Crippen LogP contribution in [0.5, 0.6) is 0 Å². The van der Waals surface area contributed by atoms with E-state index in [9.17, 15) is 4.79 Å². The van der Waals surface area contributed by atoms with Gasteiger partial charge in [0.1, 0.15) is 23.0 Å². The predicted molar refractivity (Wildman–Crippen MR) is 88.4 cm³/mol. The van der Waals surface area contributed by atoms with Gasteiger partial charge in [-0.3, -0.25) is 4.79 Å². The number of nitriles is 1. The molecule has 1 fully saturated rings. The zero-order valence-corrected chi connectivity index (χ0v) is 14.0. The monoisotopic (exact) mass is 330 g/mol. The summed E-state index contributed by atoms with van der Waals surface area (Å²) in [5.74, 6) is 0.574. The molecule has 1 aliphatic rings. The Labute approximate surface area is 138 Å². The molecule has 0 saturated carbocycles. The Bertz CT molecular complexity index is 772. The Hall–Kier alpha value is -2.20. The molecule has 7 heteroatoms. The molecule has 6 nitrogen and oxygen atoms in total. The van der Waals surface area contributed by atoms with Crippen molar-refractivity contribution >= 4 is 33.3 Å². The molecule has 23 heavy (non-hydrogen) atoms. The molecule has 2 aromatic heterocycles. The number of hydrogen-bond acceptors (Lipinski definition) is 7. The van der Waals surface area contributed by atoms with E-state index in [2.05, 4.69) is 28.7 Å². The molecule has 0 unspecified atom stereocenters. The van der Waals surface area contributed by atoms with Crippen molar-refractivity contribution in [2.75, 3.05) is 24.6 Å². The van der Waals surface area contributed by atoms with Crippen molar-refractivity contribution in [3.63, 3.8) is 0 Å². The first-order valence-corrected chi connectivity index (χ1v) is 8.42. The normalized spacial score (nSPS) is 15.6. The van der Waals surface area contributed by atoms with Crippen molar-refractivity contribution in [1.82, 2.24) is 9.97 Å². The molecular weight excluding hydrogens is 312 g/mol. The summed E-state index contributed by atoms with van der Waals surface area (Å²) >= 11 is 1.69. The summed E-state index contributed by atoms with van der Waals surface area (Å²) in [5.41, 5.74) is 1.23. The van der Waals surface area contributed by atoms with E-state index < -0.39 is 0 Å². The highest BCUT2D eigenvalue weighted by Crippen LogP contribution is 2.35. The van der Waals surface area contributed by atoms with Crippen LogP contribution in [-0.4, -0.2) is 35.6 Å². The second kappa shape index (κ2) is 6.50. The van der Waals surface area contributed by atoms with E-state index in [0.29, 0.717) is 0 Å². The average Bonchev–Trinajstić information content (AvgIpc) is 2.87. The van der Waals surface area contributed by atoms with Crippen LogP contribution in [0.1, 0.15) is 23.3 Å². The lowest BCUT2D eigenvalue weighted by Gasteiger charge is -2.32. The largest absolute Gasteiger partial charge is 0.450 e. The van der Waals surface area contributed by atoms with Crippen molar-refractivity contribution in [3.05, 3.63) is 16.8 Å². The van der Waals surface area contributed by atoms with E-state index in [0.717, 1.165) is 42.0 Å². The van der Waals surface area contributed by atoms with Gasteiger partial charge < -0.3 is 9.64 Å². The Morgan fingerprint density at radius 3 is 2.87 bits per heavy atom. The molecule has 1 saturated heterocycles. The van der Waals surface area contributed by atoms with E-state index in [1.807, 2.05) is 6.07 Å². The number of hydrogen-bond donors (Lipinski definition) is 0. The summed E-state index contributed by atoms with van der Waals surface area (Å²) in [5, 5.41) is 9.61. The molecule has 0 atom stereocenters. The zero-order chi connectivity index (χ0) is 16.4. The predicted octanol–water partition coefficient (Wildman–Crippen LogP) is 2.59. The minimum absolute atomic E-state index is 0.123.